The number of oxazole rings is 1. The van der Waals surface area contributed by atoms with Gasteiger partial charge in [0.25, 0.3) is 11.8 Å². The third-order valence-electron chi connectivity index (χ3n) is 3.30. The second-order valence-electron chi connectivity index (χ2n) is 5.06. The molecule has 3 aromatic heterocycles. The summed E-state index contributed by atoms with van der Waals surface area (Å²) in [6.45, 7) is 0. The zero-order valence-corrected chi connectivity index (χ0v) is 14.2. The molecule has 0 saturated carbocycles. The van der Waals surface area contributed by atoms with Gasteiger partial charge in [-0.3, -0.25) is 20.2 Å². The number of carbonyl (C=O) groups is 2. The summed E-state index contributed by atoms with van der Waals surface area (Å²) < 4.78 is 4.95. The first-order chi connectivity index (χ1) is 13.2. The van der Waals surface area contributed by atoms with Crippen LogP contribution in [0, 0.1) is 0 Å². The summed E-state index contributed by atoms with van der Waals surface area (Å²) in [7, 11) is 0. The Balaban J connectivity index is 1.66. The lowest BCUT2D eigenvalue weighted by Crippen LogP contribution is -2.15. The highest BCUT2D eigenvalue weighted by Crippen LogP contribution is 2.33. The predicted molar refractivity (Wildman–Crippen MR) is 94.1 cm³/mol. The number of amides is 2. The van der Waals surface area contributed by atoms with E-state index in [9.17, 15) is 9.59 Å². The van der Waals surface area contributed by atoms with Crippen LogP contribution >= 0.6 is 11.3 Å². The number of H-pyrrole nitrogens is 1. The number of rotatable bonds is 5. The summed E-state index contributed by atoms with van der Waals surface area (Å²) in [4.78, 5) is 33.3. The Morgan fingerprint density at radius 3 is 2.67 bits per heavy atom. The molecule has 0 spiro atoms. The standard InChI is InChI=1S/C15H10N8O3S/c24-11(18-14-20-22-23-21-14)9-10(8-4-2-1-3-5-8)27-15(17-9)19-12(25)13-16-6-7-26-13/h1-7H,(H,17,19,25)(H2,18,20,21,22,23,24). The minimum absolute atomic E-state index is 0.0809. The molecule has 0 fully saturated rings. The first-order valence-corrected chi connectivity index (χ1v) is 8.34. The molecule has 0 saturated heterocycles. The van der Waals surface area contributed by atoms with Crippen molar-refractivity contribution in [3.8, 4) is 10.4 Å². The van der Waals surface area contributed by atoms with E-state index < -0.39 is 11.8 Å². The van der Waals surface area contributed by atoms with E-state index in [2.05, 4.69) is 41.2 Å². The minimum Gasteiger partial charge on any atom is -0.441 e. The molecule has 4 aromatic rings. The fourth-order valence-electron chi connectivity index (χ4n) is 2.18. The molecule has 0 aliphatic carbocycles. The van der Waals surface area contributed by atoms with Crippen molar-refractivity contribution in [2.75, 3.05) is 10.6 Å². The lowest BCUT2D eigenvalue weighted by molar-refractivity contribution is 0.0986. The third-order valence-corrected chi connectivity index (χ3v) is 4.32. The Bertz CT molecular complexity index is 1060. The molecular weight excluding hydrogens is 372 g/mol. The van der Waals surface area contributed by atoms with Crippen molar-refractivity contribution in [1.29, 1.82) is 0 Å². The quantitative estimate of drug-likeness (QED) is 0.473. The van der Waals surface area contributed by atoms with E-state index in [0.29, 0.717) is 4.88 Å². The van der Waals surface area contributed by atoms with Crippen molar-refractivity contribution in [2.45, 2.75) is 0 Å². The van der Waals surface area contributed by atoms with Crippen LogP contribution in [-0.4, -0.2) is 42.4 Å². The van der Waals surface area contributed by atoms with Gasteiger partial charge in [0.05, 0.1) is 11.1 Å². The fourth-order valence-corrected chi connectivity index (χ4v) is 3.14. The summed E-state index contributed by atoms with van der Waals surface area (Å²) in [6, 6.07) is 9.19. The van der Waals surface area contributed by atoms with Crippen LogP contribution in [0.2, 0.25) is 0 Å². The molecule has 0 radical (unpaired) electrons. The van der Waals surface area contributed by atoms with Crippen molar-refractivity contribution in [2.24, 2.45) is 0 Å². The molecule has 1 aromatic carbocycles. The number of thiazole rings is 1. The second kappa shape index (κ2) is 7.13. The van der Waals surface area contributed by atoms with Crippen molar-refractivity contribution in [1.82, 2.24) is 30.6 Å². The molecular formula is C15H10N8O3S. The molecule has 134 valence electrons. The molecule has 3 N–H and O–H groups in total. The Hall–Kier alpha value is -3.93. The highest BCUT2D eigenvalue weighted by Gasteiger charge is 2.22. The number of aromatic amines is 1. The molecule has 27 heavy (non-hydrogen) atoms. The molecule has 0 unspecified atom stereocenters. The number of anilines is 2. The highest BCUT2D eigenvalue weighted by atomic mass is 32.1. The molecule has 0 aliphatic rings. The summed E-state index contributed by atoms with van der Waals surface area (Å²) in [6.07, 6.45) is 2.65. The third kappa shape index (κ3) is 3.55. The van der Waals surface area contributed by atoms with Gasteiger partial charge >= 0.3 is 5.91 Å². The minimum atomic E-state index is -0.570. The normalized spacial score (nSPS) is 10.5. The highest BCUT2D eigenvalue weighted by molar-refractivity contribution is 7.19. The van der Waals surface area contributed by atoms with E-state index >= 15 is 0 Å². The Labute approximate surface area is 154 Å². The summed E-state index contributed by atoms with van der Waals surface area (Å²) in [5, 5.41) is 18.1. The van der Waals surface area contributed by atoms with Gasteiger partial charge in [0.2, 0.25) is 5.95 Å². The Morgan fingerprint density at radius 1 is 1.11 bits per heavy atom. The van der Waals surface area contributed by atoms with Crippen molar-refractivity contribution >= 4 is 34.2 Å². The molecule has 12 heteroatoms. The summed E-state index contributed by atoms with van der Waals surface area (Å²) in [5.41, 5.74) is 0.887. The zero-order valence-electron chi connectivity index (χ0n) is 13.4. The van der Waals surface area contributed by atoms with Gasteiger partial charge in [0.1, 0.15) is 12.0 Å². The van der Waals surface area contributed by atoms with E-state index in [1.54, 1.807) is 0 Å². The van der Waals surface area contributed by atoms with Crippen molar-refractivity contribution in [3.05, 3.63) is 54.4 Å². The van der Waals surface area contributed by atoms with E-state index in [-0.39, 0.29) is 22.7 Å². The molecule has 0 bridgehead atoms. The van der Waals surface area contributed by atoms with Crippen LogP contribution in [0.1, 0.15) is 21.2 Å². The van der Waals surface area contributed by atoms with Gasteiger partial charge in [-0.15, -0.1) is 0 Å². The Kier molecular flexibility index (Phi) is 4.37. The van der Waals surface area contributed by atoms with E-state index in [0.717, 1.165) is 16.9 Å². The molecule has 2 amide bonds. The monoisotopic (exact) mass is 382 g/mol. The van der Waals surface area contributed by atoms with E-state index in [1.807, 2.05) is 30.3 Å². The zero-order chi connectivity index (χ0) is 18.6. The topological polar surface area (TPSA) is 152 Å². The average Bonchev–Trinajstić information content (AvgIpc) is 3.44. The lowest BCUT2D eigenvalue weighted by atomic mass is 10.1. The second-order valence-corrected chi connectivity index (χ2v) is 6.06. The number of benzene rings is 1. The van der Waals surface area contributed by atoms with E-state index in [1.165, 1.54) is 12.5 Å². The average molecular weight is 382 g/mol. The summed E-state index contributed by atoms with van der Waals surface area (Å²) in [5.74, 6) is -1.12. The van der Waals surface area contributed by atoms with Gasteiger partial charge in [0, 0.05) is 0 Å². The summed E-state index contributed by atoms with van der Waals surface area (Å²) >= 11 is 1.14. The number of nitrogens with one attached hydrogen (secondary N) is 3. The van der Waals surface area contributed by atoms with Crippen molar-refractivity contribution in [3.63, 3.8) is 0 Å². The largest absolute Gasteiger partial charge is 0.441 e. The van der Waals surface area contributed by atoms with Crippen LogP contribution in [0.4, 0.5) is 11.1 Å². The van der Waals surface area contributed by atoms with Crippen LogP contribution in [0.3, 0.4) is 0 Å². The molecule has 4 rings (SSSR count). The number of tetrazole rings is 1. The molecule has 11 nitrogen and oxygen atoms in total. The van der Waals surface area contributed by atoms with Gasteiger partial charge in [-0.25, -0.2) is 15.1 Å². The fraction of sp³-hybridized carbons (Fsp3) is 0. The smallest absolute Gasteiger partial charge is 0.313 e. The van der Waals surface area contributed by atoms with Crippen LogP contribution in [0.25, 0.3) is 10.4 Å². The lowest BCUT2D eigenvalue weighted by Gasteiger charge is -2.01. The number of carbonyl (C=O) groups excluding carboxylic acids is 2. The van der Waals surface area contributed by atoms with Crippen LogP contribution in [0.5, 0.6) is 0 Å². The van der Waals surface area contributed by atoms with Gasteiger partial charge in [-0.05, 0) is 16.0 Å². The molecule has 3 heterocycles. The first-order valence-electron chi connectivity index (χ1n) is 7.53. The number of hydrogen-bond donors (Lipinski definition) is 3. The maximum absolute atomic E-state index is 12.6. The molecule has 0 atom stereocenters. The van der Waals surface area contributed by atoms with Crippen LogP contribution in [-0.2, 0) is 0 Å². The predicted octanol–water partition coefficient (Wildman–Crippen LogP) is 1.82. The number of aromatic nitrogens is 6. The van der Waals surface area contributed by atoms with Gasteiger partial charge in [-0.1, -0.05) is 46.8 Å². The van der Waals surface area contributed by atoms with Crippen LogP contribution < -0.4 is 10.6 Å². The van der Waals surface area contributed by atoms with Gasteiger partial charge in [-0.2, -0.15) is 0 Å². The van der Waals surface area contributed by atoms with Crippen molar-refractivity contribution < 1.29 is 14.0 Å². The first kappa shape index (κ1) is 16.5. The van der Waals surface area contributed by atoms with Crippen LogP contribution in [0.15, 0.2) is 47.2 Å². The number of hydrogen-bond acceptors (Lipinski definition) is 9. The SMILES string of the molecule is O=C(Nc1nc(C(=O)Nc2nnn[nH]2)c(-c2ccccc2)s1)c1ncco1. The van der Waals surface area contributed by atoms with Gasteiger partial charge in [0.15, 0.2) is 5.13 Å². The maximum Gasteiger partial charge on any atom is 0.313 e. The maximum atomic E-state index is 12.6. The van der Waals surface area contributed by atoms with Gasteiger partial charge < -0.3 is 4.42 Å². The number of nitrogens with zero attached hydrogens (tertiary/aromatic N) is 5. The Morgan fingerprint density at radius 2 is 1.96 bits per heavy atom. The van der Waals surface area contributed by atoms with E-state index in [4.69, 9.17) is 4.42 Å². The molecule has 0 aliphatic heterocycles.